The minimum Gasteiger partial charge on any atom is -0.473 e. The molecule has 0 aliphatic carbocycles. The Hall–Kier alpha value is -2.72. The zero-order valence-corrected chi connectivity index (χ0v) is 15.6. The lowest BCUT2D eigenvalue weighted by Crippen LogP contribution is -2.31. The number of hydrogen-bond donors (Lipinski definition) is 0. The summed E-state index contributed by atoms with van der Waals surface area (Å²) in [5.74, 6) is 0.491. The highest BCUT2D eigenvalue weighted by Gasteiger charge is 2.34. The third kappa shape index (κ3) is 3.21. The Morgan fingerprint density at radius 1 is 1.30 bits per heavy atom. The van der Waals surface area contributed by atoms with Crippen LogP contribution in [0.4, 0.5) is 0 Å². The van der Waals surface area contributed by atoms with Crippen molar-refractivity contribution in [2.24, 2.45) is 7.05 Å². The maximum absolute atomic E-state index is 13.0. The van der Waals surface area contributed by atoms with Crippen LogP contribution < -0.4 is 10.5 Å². The molecule has 0 bridgehead atoms. The van der Waals surface area contributed by atoms with Crippen LogP contribution in [-0.2, 0) is 17.1 Å². The van der Waals surface area contributed by atoms with Crippen LogP contribution in [0.1, 0.15) is 12.2 Å². The van der Waals surface area contributed by atoms with Gasteiger partial charge in [0.15, 0.2) is 5.58 Å². The summed E-state index contributed by atoms with van der Waals surface area (Å²) in [5.41, 5.74) is 0.785. The number of sulfonamides is 1. The van der Waals surface area contributed by atoms with Crippen molar-refractivity contribution < 1.29 is 17.6 Å². The fourth-order valence-electron chi connectivity index (χ4n) is 3.10. The highest BCUT2D eigenvalue weighted by molar-refractivity contribution is 7.89. The molecule has 1 aliphatic heterocycles. The average Bonchev–Trinajstić information content (AvgIpc) is 3.20. The SMILES string of the molecule is Cc1nccc(O[C@@H]2CCN(S(=O)(=O)c3ccc4oc(=O)n(C)c4c3)C2)n1. The van der Waals surface area contributed by atoms with Crippen LogP contribution in [-0.4, -0.2) is 46.5 Å². The molecule has 0 spiro atoms. The quantitative estimate of drug-likeness (QED) is 0.656. The number of aryl methyl sites for hydroxylation is 2. The van der Waals surface area contributed by atoms with E-state index in [1.807, 2.05) is 0 Å². The van der Waals surface area contributed by atoms with Crippen molar-refractivity contribution in [1.82, 2.24) is 18.8 Å². The summed E-state index contributed by atoms with van der Waals surface area (Å²) in [6.07, 6.45) is 1.89. The minimum absolute atomic E-state index is 0.116. The molecule has 1 fully saturated rings. The molecule has 1 aromatic carbocycles. The Labute approximate surface area is 155 Å². The van der Waals surface area contributed by atoms with E-state index in [1.54, 1.807) is 19.2 Å². The monoisotopic (exact) mass is 390 g/mol. The second-order valence-electron chi connectivity index (χ2n) is 6.39. The van der Waals surface area contributed by atoms with E-state index in [-0.39, 0.29) is 17.5 Å². The molecule has 9 nitrogen and oxygen atoms in total. The largest absolute Gasteiger partial charge is 0.473 e. The minimum atomic E-state index is -3.71. The molecule has 27 heavy (non-hydrogen) atoms. The highest BCUT2D eigenvalue weighted by atomic mass is 32.2. The molecule has 3 aromatic rings. The molecular weight excluding hydrogens is 372 g/mol. The van der Waals surface area contributed by atoms with Gasteiger partial charge < -0.3 is 9.15 Å². The van der Waals surface area contributed by atoms with Crippen molar-refractivity contribution >= 4 is 21.1 Å². The van der Waals surface area contributed by atoms with Gasteiger partial charge in [-0.1, -0.05) is 0 Å². The van der Waals surface area contributed by atoms with Crippen molar-refractivity contribution in [1.29, 1.82) is 0 Å². The van der Waals surface area contributed by atoms with E-state index >= 15 is 0 Å². The van der Waals surface area contributed by atoms with Crippen LogP contribution in [0.15, 0.2) is 44.6 Å². The Kier molecular flexibility index (Phi) is 4.23. The molecule has 0 saturated carbocycles. The van der Waals surface area contributed by atoms with Gasteiger partial charge >= 0.3 is 5.76 Å². The van der Waals surface area contributed by atoms with E-state index in [0.717, 1.165) is 0 Å². The number of oxazole rings is 1. The van der Waals surface area contributed by atoms with E-state index in [1.165, 1.54) is 34.1 Å². The lowest BCUT2D eigenvalue weighted by molar-refractivity contribution is 0.206. The summed E-state index contributed by atoms with van der Waals surface area (Å²) in [5, 5.41) is 0. The first kappa shape index (κ1) is 17.7. The normalized spacial score (nSPS) is 18.2. The maximum atomic E-state index is 13.0. The van der Waals surface area contributed by atoms with Crippen molar-refractivity contribution in [3.63, 3.8) is 0 Å². The van der Waals surface area contributed by atoms with E-state index in [9.17, 15) is 13.2 Å². The molecule has 2 aromatic heterocycles. The van der Waals surface area contributed by atoms with Gasteiger partial charge in [-0.2, -0.15) is 9.29 Å². The van der Waals surface area contributed by atoms with Crippen molar-refractivity contribution in [3.05, 3.63) is 46.8 Å². The van der Waals surface area contributed by atoms with Crippen molar-refractivity contribution in [2.75, 3.05) is 13.1 Å². The van der Waals surface area contributed by atoms with Crippen molar-refractivity contribution in [2.45, 2.75) is 24.3 Å². The summed E-state index contributed by atoms with van der Waals surface area (Å²) < 4.78 is 39.5. The van der Waals surface area contributed by atoms with Gasteiger partial charge in [-0.05, 0) is 31.5 Å². The lowest BCUT2D eigenvalue weighted by Gasteiger charge is -2.17. The summed E-state index contributed by atoms with van der Waals surface area (Å²) >= 11 is 0. The van der Waals surface area contributed by atoms with E-state index in [0.29, 0.717) is 35.8 Å². The Bertz CT molecular complexity index is 1170. The molecule has 1 atom stereocenters. The Morgan fingerprint density at radius 3 is 2.89 bits per heavy atom. The number of rotatable bonds is 4. The van der Waals surface area contributed by atoms with E-state index in [4.69, 9.17) is 9.15 Å². The van der Waals surface area contributed by atoms with Gasteiger partial charge in [-0.15, -0.1) is 0 Å². The first-order chi connectivity index (χ1) is 12.8. The van der Waals surface area contributed by atoms with Gasteiger partial charge in [0.1, 0.15) is 11.9 Å². The molecule has 0 amide bonds. The average molecular weight is 390 g/mol. The van der Waals surface area contributed by atoms with Crippen LogP contribution in [0.5, 0.6) is 5.88 Å². The van der Waals surface area contributed by atoms with E-state index in [2.05, 4.69) is 9.97 Å². The summed E-state index contributed by atoms with van der Waals surface area (Å²) in [6, 6.07) is 6.05. The fraction of sp³-hybridized carbons (Fsp3) is 0.353. The molecule has 10 heteroatoms. The smallest absolute Gasteiger partial charge is 0.419 e. The molecule has 3 heterocycles. The van der Waals surface area contributed by atoms with Gasteiger partial charge in [-0.25, -0.2) is 18.2 Å². The molecule has 4 rings (SSSR count). The van der Waals surface area contributed by atoms with Crippen LogP contribution in [0, 0.1) is 6.92 Å². The van der Waals surface area contributed by atoms with E-state index < -0.39 is 15.8 Å². The fourth-order valence-corrected chi connectivity index (χ4v) is 4.61. The van der Waals surface area contributed by atoms with Crippen LogP contribution in [0.2, 0.25) is 0 Å². The van der Waals surface area contributed by atoms with Crippen LogP contribution >= 0.6 is 0 Å². The van der Waals surface area contributed by atoms with Gasteiger partial charge in [0.05, 0.1) is 17.0 Å². The summed E-state index contributed by atoms with van der Waals surface area (Å²) in [6.45, 7) is 2.34. The molecule has 0 radical (unpaired) electrons. The highest BCUT2D eigenvalue weighted by Crippen LogP contribution is 2.25. The molecular formula is C17H18N4O5S. The first-order valence-corrected chi connectivity index (χ1v) is 9.84. The van der Waals surface area contributed by atoms with Crippen LogP contribution in [0.25, 0.3) is 11.1 Å². The zero-order valence-electron chi connectivity index (χ0n) is 14.8. The molecule has 0 N–H and O–H groups in total. The van der Waals surface area contributed by atoms with Gasteiger partial charge in [0.2, 0.25) is 15.9 Å². The molecule has 142 valence electrons. The summed E-state index contributed by atoms with van der Waals surface area (Å²) in [7, 11) is -2.17. The first-order valence-electron chi connectivity index (χ1n) is 8.40. The van der Waals surface area contributed by atoms with Gasteiger partial charge in [-0.3, -0.25) is 4.57 Å². The third-order valence-electron chi connectivity index (χ3n) is 4.55. The number of benzene rings is 1. The predicted octanol–water partition coefficient (Wildman–Crippen LogP) is 1.07. The number of ether oxygens (including phenoxy) is 1. The number of nitrogens with zero attached hydrogens (tertiary/aromatic N) is 4. The third-order valence-corrected chi connectivity index (χ3v) is 6.41. The zero-order chi connectivity index (χ0) is 19.2. The Morgan fingerprint density at radius 2 is 2.11 bits per heavy atom. The standard InChI is InChI=1S/C17H18N4O5S/c1-11-18-7-5-16(19-11)25-12-6-8-21(10-12)27(23,24)13-3-4-15-14(9-13)20(2)17(22)26-15/h3-5,7,9,12H,6,8,10H2,1-2H3/t12-/m1/s1. The lowest BCUT2D eigenvalue weighted by atomic mass is 10.3. The second kappa shape index (κ2) is 6.46. The van der Waals surface area contributed by atoms with Crippen LogP contribution in [0.3, 0.4) is 0 Å². The van der Waals surface area contributed by atoms with Gasteiger partial charge in [0, 0.05) is 25.9 Å². The number of aromatic nitrogens is 3. The predicted molar refractivity (Wildman–Crippen MR) is 96.0 cm³/mol. The molecule has 0 unspecified atom stereocenters. The van der Waals surface area contributed by atoms with Crippen molar-refractivity contribution in [3.8, 4) is 5.88 Å². The number of fused-ring (bicyclic) bond motifs is 1. The Balaban J connectivity index is 1.56. The molecule has 1 saturated heterocycles. The maximum Gasteiger partial charge on any atom is 0.419 e. The number of hydrogen-bond acceptors (Lipinski definition) is 7. The van der Waals surface area contributed by atoms with Gasteiger partial charge in [0.25, 0.3) is 0 Å². The second-order valence-corrected chi connectivity index (χ2v) is 8.33. The topological polar surface area (TPSA) is 108 Å². The molecule has 1 aliphatic rings. The summed E-state index contributed by atoms with van der Waals surface area (Å²) in [4.78, 5) is 19.9.